The number of hydrogen-bond acceptors (Lipinski definition) is 4. The van der Waals surface area contributed by atoms with Crippen LogP contribution in [0.15, 0.2) is 29.4 Å². The summed E-state index contributed by atoms with van der Waals surface area (Å²) in [6.45, 7) is 0. The number of rotatable bonds is 5. The lowest BCUT2D eigenvalue weighted by atomic mass is 9.49. The van der Waals surface area contributed by atoms with Gasteiger partial charge in [0.05, 0.1) is 5.75 Å². The van der Waals surface area contributed by atoms with Crippen molar-refractivity contribution < 1.29 is 9.18 Å². The monoisotopic (exact) mass is 386 g/mol. The molecule has 6 rings (SSSR count). The summed E-state index contributed by atoms with van der Waals surface area (Å²) in [5.74, 6) is 3.38. The van der Waals surface area contributed by atoms with Gasteiger partial charge >= 0.3 is 0 Å². The normalized spacial score (nSPS) is 31.2. The first-order chi connectivity index (χ1) is 13.1. The van der Waals surface area contributed by atoms with E-state index in [0.717, 1.165) is 23.6 Å². The fourth-order valence-corrected chi connectivity index (χ4v) is 6.41. The number of carbonyl (C=O) groups is 1. The maximum atomic E-state index is 12.9. The third-order valence-electron chi connectivity index (χ3n) is 6.47. The molecule has 7 heteroatoms. The minimum absolute atomic E-state index is 0.146. The van der Waals surface area contributed by atoms with E-state index in [1.165, 1.54) is 62.4 Å². The molecule has 1 amide bonds. The van der Waals surface area contributed by atoms with Gasteiger partial charge in [-0.2, -0.15) is 0 Å². The van der Waals surface area contributed by atoms with Crippen LogP contribution in [0.4, 0.5) is 10.1 Å². The van der Waals surface area contributed by atoms with E-state index in [4.69, 9.17) is 4.98 Å². The van der Waals surface area contributed by atoms with Crippen molar-refractivity contribution in [3.05, 3.63) is 35.9 Å². The van der Waals surface area contributed by atoms with Gasteiger partial charge < -0.3 is 5.32 Å². The van der Waals surface area contributed by atoms with E-state index in [-0.39, 0.29) is 22.9 Å². The van der Waals surface area contributed by atoms with Crippen LogP contribution in [0.1, 0.15) is 44.3 Å². The van der Waals surface area contributed by atoms with Gasteiger partial charge in [-0.1, -0.05) is 11.8 Å². The molecule has 0 unspecified atom stereocenters. The van der Waals surface area contributed by atoms with Crippen molar-refractivity contribution in [1.82, 2.24) is 15.2 Å². The number of nitrogens with one attached hydrogen (secondary N) is 2. The van der Waals surface area contributed by atoms with Crippen LogP contribution >= 0.6 is 11.8 Å². The highest BCUT2D eigenvalue weighted by atomic mass is 32.2. The summed E-state index contributed by atoms with van der Waals surface area (Å²) in [5.41, 5.74) is 0.781. The number of aromatic amines is 1. The molecule has 0 aliphatic heterocycles. The second-order valence-electron chi connectivity index (χ2n) is 8.51. The Morgan fingerprint density at radius 2 is 1.78 bits per heavy atom. The van der Waals surface area contributed by atoms with Crippen LogP contribution in [-0.2, 0) is 10.2 Å². The molecule has 4 aliphatic rings. The highest BCUT2D eigenvalue weighted by Crippen LogP contribution is 2.60. The van der Waals surface area contributed by atoms with Gasteiger partial charge in [-0.25, -0.2) is 9.37 Å². The number of benzene rings is 1. The highest BCUT2D eigenvalue weighted by molar-refractivity contribution is 7.99. The van der Waals surface area contributed by atoms with Crippen LogP contribution in [0.25, 0.3) is 0 Å². The van der Waals surface area contributed by atoms with Gasteiger partial charge in [0.15, 0.2) is 0 Å². The Morgan fingerprint density at radius 3 is 2.41 bits per heavy atom. The Balaban J connectivity index is 1.21. The number of H-pyrrole nitrogens is 1. The van der Waals surface area contributed by atoms with Crippen molar-refractivity contribution in [3.63, 3.8) is 0 Å². The first-order valence-corrected chi connectivity index (χ1v) is 10.7. The molecule has 1 aromatic heterocycles. The molecule has 4 aliphatic carbocycles. The summed E-state index contributed by atoms with van der Waals surface area (Å²) in [5, 5.41) is 10.9. The average molecular weight is 386 g/mol. The molecule has 4 fully saturated rings. The van der Waals surface area contributed by atoms with Crippen molar-refractivity contribution in [2.75, 3.05) is 11.1 Å². The molecular formula is C20H23FN4OS. The van der Waals surface area contributed by atoms with Crippen molar-refractivity contribution in [2.45, 2.75) is 49.1 Å². The summed E-state index contributed by atoms with van der Waals surface area (Å²) in [6.07, 6.45) is 7.92. The third-order valence-corrected chi connectivity index (χ3v) is 7.31. The van der Waals surface area contributed by atoms with Crippen LogP contribution in [0.2, 0.25) is 0 Å². The molecule has 0 radical (unpaired) electrons. The number of amides is 1. The molecule has 2 aromatic rings. The zero-order chi connectivity index (χ0) is 18.4. The number of thioether (sulfide) groups is 1. The summed E-state index contributed by atoms with van der Waals surface area (Å²) in [7, 11) is 0. The van der Waals surface area contributed by atoms with E-state index in [9.17, 15) is 9.18 Å². The highest BCUT2D eigenvalue weighted by Gasteiger charge is 2.53. The zero-order valence-corrected chi connectivity index (χ0v) is 15.9. The van der Waals surface area contributed by atoms with E-state index < -0.39 is 0 Å². The largest absolute Gasteiger partial charge is 0.325 e. The lowest BCUT2D eigenvalue weighted by Crippen LogP contribution is -2.49. The quantitative estimate of drug-likeness (QED) is 0.758. The smallest absolute Gasteiger partial charge is 0.234 e. The first kappa shape index (κ1) is 17.2. The molecule has 142 valence electrons. The van der Waals surface area contributed by atoms with Crippen LogP contribution in [0, 0.1) is 23.6 Å². The maximum Gasteiger partial charge on any atom is 0.234 e. The van der Waals surface area contributed by atoms with Crippen molar-refractivity contribution in [3.8, 4) is 0 Å². The van der Waals surface area contributed by atoms with Gasteiger partial charge in [-0.3, -0.25) is 9.89 Å². The number of anilines is 1. The van der Waals surface area contributed by atoms with Crippen LogP contribution in [-0.4, -0.2) is 26.8 Å². The van der Waals surface area contributed by atoms with E-state index in [0.29, 0.717) is 10.8 Å². The number of aromatic nitrogens is 3. The minimum Gasteiger partial charge on any atom is -0.325 e. The standard InChI is InChI=1S/C20H23FN4OS/c21-15-1-3-16(4-2-15)22-17(26)11-27-19-23-18(24-25-19)20-8-12-5-13(9-20)7-14(6-12)10-20/h1-4,12-14H,5-11H2,(H,22,26)(H,23,24,25). The number of hydrogen-bond donors (Lipinski definition) is 2. The second-order valence-corrected chi connectivity index (χ2v) is 9.45. The Morgan fingerprint density at radius 1 is 1.15 bits per heavy atom. The Kier molecular flexibility index (Phi) is 4.22. The molecule has 1 aromatic carbocycles. The predicted molar refractivity (Wildman–Crippen MR) is 102 cm³/mol. The Labute approximate surface area is 161 Å². The van der Waals surface area contributed by atoms with Gasteiger partial charge in [0, 0.05) is 11.1 Å². The van der Waals surface area contributed by atoms with Crippen LogP contribution in [0.5, 0.6) is 0 Å². The SMILES string of the molecule is O=C(CSc1n[nH]c(C23CC4CC(CC(C4)C2)C3)n1)Nc1ccc(F)cc1. The van der Waals surface area contributed by atoms with E-state index in [2.05, 4.69) is 15.5 Å². The van der Waals surface area contributed by atoms with E-state index >= 15 is 0 Å². The molecule has 5 nitrogen and oxygen atoms in total. The van der Waals surface area contributed by atoms with Gasteiger partial charge in [0.2, 0.25) is 11.1 Å². The zero-order valence-electron chi connectivity index (χ0n) is 15.1. The molecule has 0 spiro atoms. The summed E-state index contributed by atoms with van der Waals surface area (Å²) in [4.78, 5) is 16.9. The molecule has 4 bridgehead atoms. The van der Waals surface area contributed by atoms with Crippen LogP contribution in [0.3, 0.4) is 0 Å². The van der Waals surface area contributed by atoms with Crippen molar-refractivity contribution in [1.29, 1.82) is 0 Å². The molecular weight excluding hydrogens is 363 g/mol. The van der Waals surface area contributed by atoms with Crippen molar-refractivity contribution >= 4 is 23.4 Å². The van der Waals surface area contributed by atoms with Crippen LogP contribution < -0.4 is 5.32 Å². The molecule has 0 atom stereocenters. The molecule has 1 heterocycles. The molecule has 4 saturated carbocycles. The molecule has 27 heavy (non-hydrogen) atoms. The van der Waals surface area contributed by atoms with Gasteiger partial charge in [-0.05, 0) is 80.5 Å². The number of halogens is 1. The Hall–Kier alpha value is -1.89. The topological polar surface area (TPSA) is 70.7 Å². The minimum atomic E-state index is -0.319. The lowest BCUT2D eigenvalue weighted by molar-refractivity contribution is -0.113. The Bertz CT molecular complexity index is 815. The third kappa shape index (κ3) is 3.37. The van der Waals surface area contributed by atoms with Gasteiger partial charge in [0.1, 0.15) is 11.6 Å². The average Bonchev–Trinajstić information content (AvgIpc) is 3.11. The fraction of sp³-hybridized carbons (Fsp3) is 0.550. The summed E-state index contributed by atoms with van der Waals surface area (Å²) < 4.78 is 12.9. The molecule has 0 saturated heterocycles. The lowest BCUT2D eigenvalue weighted by Gasteiger charge is -2.55. The molecule has 2 N–H and O–H groups in total. The van der Waals surface area contributed by atoms with E-state index in [1.54, 1.807) is 12.1 Å². The summed E-state index contributed by atoms with van der Waals surface area (Å²) >= 11 is 1.34. The van der Waals surface area contributed by atoms with Crippen molar-refractivity contribution in [2.24, 2.45) is 17.8 Å². The number of carbonyl (C=O) groups excluding carboxylic acids is 1. The van der Waals surface area contributed by atoms with Gasteiger partial charge in [0.25, 0.3) is 0 Å². The predicted octanol–water partition coefficient (Wildman–Crippen LogP) is 4.14. The number of nitrogens with zero attached hydrogens (tertiary/aromatic N) is 2. The summed E-state index contributed by atoms with van der Waals surface area (Å²) in [6, 6.07) is 5.76. The first-order valence-electron chi connectivity index (χ1n) is 9.69. The fourth-order valence-electron chi connectivity index (χ4n) is 5.81. The maximum absolute atomic E-state index is 12.9. The second kappa shape index (κ2) is 6.62. The van der Waals surface area contributed by atoms with E-state index in [1.807, 2.05) is 0 Å². The van der Waals surface area contributed by atoms with Gasteiger partial charge in [-0.15, -0.1) is 5.10 Å².